The summed E-state index contributed by atoms with van der Waals surface area (Å²) in [6.07, 6.45) is 1.31. The molecule has 10 nitrogen and oxygen atoms in total. The Balaban J connectivity index is 1.95. The van der Waals surface area contributed by atoms with Crippen molar-refractivity contribution >= 4 is 23.6 Å². The molecule has 8 N–H and O–H groups in total. The Morgan fingerprint density at radius 3 is 2.10 bits per heavy atom. The summed E-state index contributed by atoms with van der Waals surface area (Å²) in [7, 11) is 0. The first-order chi connectivity index (χ1) is 19.2. The zero-order valence-electron chi connectivity index (χ0n) is 23.7. The Labute approximate surface area is 239 Å². The van der Waals surface area contributed by atoms with Crippen molar-refractivity contribution in [2.75, 3.05) is 6.54 Å². The van der Waals surface area contributed by atoms with Crippen LogP contribution in [-0.2, 0) is 32.0 Å². The van der Waals surface area contributed by atoms with E-state index in [9.17, 15) is 28.7 Å². The Kier molecular flexibility index (Phi) is 12.5. The summed E-state index contributed by atoms with van der Waals surface area (Å²) in [4.78, 5) is 50.0. The van der Waals surface area contributed by atoms with Gasteiger partial charge < -0.3 is 32.5 Å². The molecule has 0 bridgehead atoms. The SMILES string of the molecule is CC(C)(C)CC(NC(=O)C(Cc1ccccc1)NC(=O)CNC(=O)CC=C(F)C(N)Cc1ccc(O)cc1)C(N)=O. The van der Waals surface area contributed by atoms with Gasteiger partial charge in [0.1, 0.15) is 23.7 Å². The molecule has 0 saturated carbocycles. The van der Waals surface area contributed by atoms with Gasteiger partial charge in [-0.2, -0.15) is 0 Å². The minimum Gasteiger partial charge on any atom is -0.508 e. The third-order valence-corrected chi connectivity index (χ3v) is 6.09. The molecule has 3 atom stereocenters. The van der Waals surface area contributed by atoms with E-state index in [1.807, 2.05) is 26.8 Å². The minimum absolute atomic E-state index is 0.0847. The molecule has 222 valence electrons. The number of rotatable bonds is 14. The molecule has 0 aliphatic rings. The van der Waals surface area contributed by atoms with Crippen LogP contribution in [0.25, 0.3) is 0 Å². The number of nitrogens with two attached hydrogens (primary N) is 2. The lowest BCUT2D eigenvalue weighted by atomic mass is 9.87. The Morgan fingerprint density at radius 1 is 0.902 bits per heavy atom. The third-order valence-electron chi connectivity index (χ3n) is 6.09. The molecule has 0 heterocycles. The van der Waals surface area contributed by atoms with Gasteiger partial charge in [0, 0.05) is 12.8 Å². The summed E-state index contributed by atoms with van der Waals surface area (Å²) in [6.45, 7) is 5.27. The summed E-state index contributed by atoms with van der Waals surface area (Å²) >= 11 is 0. The van der Waals surface area contributed by atoms with E-state index < -0.39 is 54.1 Å². The average molecular weight is 570 g/mol. The second-order valence-electron chi connectivity index (χ2n) is 11.1. The number of benzene rings is 2. The van der Waals surface area contributed by atoms with Crippen LogP contribution in [0.1, 0.15) is 44.7 Å². The van der Waals surface area contributed by atoms with E-state index in [1.54, 1.807) is 36.4 Å². The van der Waals surface area contributed by atoms with Gasteiger partial charge in [0.25, 0.3) is 0 Å². The van der Waals surface area contributed by atoms with Crippen molar-refractivity contribution in [2.45, 2.75) is 64.6 Å². The van der Waals surface area contributed by atoms with E-state index in [1.165, 1.54) is 12.1 Å². The zero-order valence-corrected chi connectivity index (χ0v) is 23.7. The van der Waals surface area contributed by atoms with E-state index in [2.05, 4.69) is 16.0 Å². The molecule has 0 saturated heterocycles. The Bertz CT molecular complexity index is 1210. The van der Waals surface area contributed by atoms with Gasteiger partial charge in [0.05, 0.1) is 12.6 Å². The van der Waals surface area contributed by atoms with E-state index in [4.69, 9.17) is 11.5 Å². The topological polar surface area (TPSA) is 177 Å². The van der Waals surface area contributed by atoms with E-state index in [0.29, 0.717) is 6.42 Å². The van der Waals surface area contributed by atoms with Crippen LogP contribution in [0.3, 0.4) is 0 Å². The molecule has 3 unspecified atom stereocenters. The van der Waals surface area contributed by atoms with Crippen molar-refractivity contribution in [3.8, 4) is 5.75 Å². The normalized spacial score (nSPS) is 13.9. The molecular weight excluding hydrogens is 529 g/mol. The summed E-state index contributed by atoms with van der Waals surface area (Å²) in [6, 6.07) is 12.2. The average Bonchev–Trinajstić information content (AvgIpc) is 2.90. The van der Waals surface area contributed by atoms with Gasteiger partial charge in [-0.15, -0.1) is 0 Å². The lowest BCUT2D eigenvalue weighted by molar-refractivity contribution is -0.132. The van der Waals surface area contributed by atoms with Gasteiger partial charge >= 0.3 is 0 Å². The number of carbonyl (C=O) groups excluding carboxylic acids is 4. The predicted octanol–water partition coefficient (Wildman–Crippen LogP) is 1.76. The van der Waals surface area contributed by atoms with Crippen molar-refractivity contribution in [3.05, 3.63) is 77.6 Å². The minimum atomic E-state index is -1.04. The van der Waals surface area contributed by atoms with Gasteiger partial charge in [-0.1, -0.05) is 63.2 Å². The van der Waals surface area contributed by atoms with Gasteiger partial charge in [0.15, 0.2) is 0 Å². The molecule has 41 heavy (non-hydrogen) atoms. The van der Waals surface area contributed by atoms with Gasteiger partial charge in [-0.25, -0.2) is 4.39 Å². The number of carbonyl (C=O) groups is 4. The molecule has 0 aliphatic heterocycles. The number of hydrogen-bond donors (Lipinski definition) is 6. The van der Waals surface area contributed by atoms with Crippen LogP contribution in [-0.4, -0.2) is 53.4 Å². The fourth-order valence-electron chi connectivity index (χ4n) is 3.99. The molecule has 0 fully saturated rings. The van der Waals surface area contributed by atoms with Crippen molar-refractivity contribution in [1.29, 1.82) is 0 Å². The highest BCUT2D eigenvalue weighted by atomic mass is 19.1. The Hall–Kier alpha value is -4.25. The number of hydrogen-bond acceptors (Lipinski definition) is 6. The van der Waals surface area contributed by atoms with Crippen LogP contribution < -0.4 is 27.4 Å². The Morgan fingerprint density at radius 2 is 1.51 bits per heavy atom. The molecule has 4 amide bonds. The van der Waals surface area contributed by atoms with E-state index >= 15 is 0 Å². The second-order valence-corrected chi connectivity index (χ2v) is 11.1. The highest BCUT2D eigenvalue weighted by molar-refractivity contribution is 5.93. The molecule has 0 spiro atoms. The quantitative estimate of drug-likeness (QED) is 0.202. The molecule has 2 aromatic carbocycles. The summed E-state index contributed by atoms with van der Waals surface area (Å²) in [5.41, 5.74) is 12.6. The lowest BCUT2D eigenvalue weighted by Crippen LogP contribution is -2.55. The maximum atomic E-state index is 14.4. The number of primary amides is 1. The number of amides is 4. The zero-order chi connectivity index (χ0) is 30.6. The number of aromatic hydroxyl groups is 1. The predicted molar refractivity (Wildman–Crippen MR) is 154 cm³/mol. The highest BCUT2D eigenvalue weighted by Gasteiger charge is 2.29. The largest absolute Gasteiger partial charge is 0.508 e. The molecule has 11 heteroatoms. The number of phenols is 1. The van der Waals surface area contributed by atoms with Crippen LogP contribution in [0.5, 0.6) is 5.75 Å². The fraction of sp³-hybridized carbons (Fsp3) is 0.400. The maximum Gasteiger partial charge on any atom is 0.243 e. The van der Waals surface area contributed by atoms with Gasteiger partial charge in [-0.05, 0) is 47.6 Å². The first-order valence-electron chi connectivity index (χ1n) is 13.3. The first kappa shape index (κ1) is 33.0. The second kappa shape index (κ2) is 15.5. The molecule has 0 aliphatic carbocycles. The highest BCUT2D eigenvalue weighted by Crippen LogP contribution is 2.21. The first-order valence-corrected chi connectivity index (χ1v) is 13.3. The molecular formula is C30H40FN5O5. The van der Waals surface area contributed by atoms with Crippen LogP contribution in [0.15, 0.2) is 66.5 Å². The van der Waals surface area contributed by atoms with Gasteiger partial charge in [0.2, 0.25) is 23.6 Å². The maximum absolute atomic E-state index is 14.4. The molecule has 2 aromatic rings. The fourth-order valence-corrected chi connectivity index (χ4v) is 3.99. The monoisotopic (exact) mass is 569 g/mol. The third kappa shape index (κ3) is 12.6. The van der Waals surface area contributed by atoms with Crippen LogP contribution in [0.2, 0.25) is 0 Å². The number of nitrogens with one attached hydrogen (secondary N) is 3. The number of halogens is 1. The van der Waals surface area contributed by atoms with E-state index in [0.717, 1.165) is 17.2 Å². The summed E-state index contributed by atoms with van der Waals surface area (Å²) in [5, 5.41) is 17.0. The van der Waals surface area contributed by atoms with Crippen molar-refractivity contribution < 1.29 is 28.7 Å². The standard InChI is InChI=1S/C30H40FN5O5/c1-30(2,3)17-25(28(33)40)36-29(41)24(16-19-7-5-4-6-8-19)35-27(39)18-34-26(38)14-13-22(31)23(32)15-20-9-11-21(37)12-10-20/h4-13,23-25,37H,14-18,32H2,1-3H3,(H2,33,40)(H,34,38)(H,35,39)(H,36,41). The smallest absolute Gasteiger partial charge is 0.243 e. The van der Waals surface area contributed by atoms with Crippen LogP contribution in [0.4, 0.5) is 4.39 Å². The van der Waals surface area contributed by atoms with Gasteiger partial charge in [-0.3, -0.25) is 19.2 Å². The lowest BCUT2D eigenvalue weighted by Gasteiger charge is -2.27. The summed E-state index contributed by atoms with van der Waals surface area (Å²) in [5.74, 6) is -3.13. The number of phenolic OH excluding ortho intramolecular Hbond substituents is 1. The summed E-state index contributed by atoms with van der Waals surface area (Å²) < 4.78 is 14.4. The van der Waals surface area contributed by atoms with Crippen molar-refractivity contribution in [2.24, 2.45) is 16.9 Å². The van der Waals surface area contributed by atoms with Crippen molar-refractivity contribution in [1.82, 2.24) is 16.0 Å². The van der Waals surface area contributed by atoms with Crippen molar-refractivity contribution in [3.63, 3.8) is 0 Å². The molecule has 2 rings (SSSR count). The van der Waals surface area contributed by atoms with E-state index in [-0.39, 0.29) is 30.4 Å². The van der Waals surface area contributed by atoms with Crippen LogP contribution in [0, 0.1) is 5.41 Å². The molecule has 0 radical (unpaired) electrons. The van der Waals surface area contributed by atoms with Crippen LogP contribution >= 0.6 is 0 Å². The molecule has 0 aromatic heterocycles.